The molecule has 0 spiro atoms. The summed E-state index contributed by atoms with van der Waals surface area (Å²) in [7, 11) is 1.60. The number of aromatic nitrogens is 4. The number of halogens is 1. The summed E-state index contributed by atoms with van der Waals surface area (Å²) in [6.07, 6.45) is 3.17. The first-order valence-corrected chi connectivity index (χ1v) is 6.44. The van der Waals surface area contributed by atoms with Gasteiger partial charge in [0.15, 0.2) is 5.69 Å². The molecule has 1 amide bonds. The van der Waals surface area contributed by atoms with Crippen LogP contribution < -0.4 is 0 Å². The fourth-order valence-corrected chi connectivity index (χ4v) is 2.13. The van der Waals surface area contributed by atoms with Gasteiger partial charge in [0.1, 0.15) is 5.65 Å². The second-order valence-electron chi connectivity index (χ2n) is 4.93. The minimum atomic E-state index is -0.647. The number of rotatable bonds is 3. The van der Waals surface area contributed by atoms with Gasteiger partial charge in [0.2, 0.25) is 5.95 Å². The first kappa shape index (κ1) is 13.3. The molecule has 7 heteroatoms. The van der Waals surface area contributed by atoms with E-state index in [-0.39, 0.29) is 5.69 Å². The lowest BCUT2D eigenvalue weighted by atomic mass is 10.3. The number of nitrogens with one attached hydrogen (secondary N) is 1. The third-order valence-corrected chi connectivity index (χ3v) is 3.24. The summed E-state index contributed by atoms with van der Waals surface area (Å²) in [6.45, 7) is 2.20. The Balaban J connectivity index is 1.92. The van der Waals surface area contributed by atoms with Crippen LogP contribution in [0.15, 0.2) is 30.6 Å². The van der Waals surface area contributed by atoms with Gasteiger partial charge < -0.3 is 4.90 Å². The van der Waals surface area contributed by atoms with Crippen LogP contribution in [0.2, 0.25) is 0 Å². The Kier molecular flexibility index (Phi) is 3.17. The van der Waals surface area contributed by atoms with E-state index in [4.69, 9.17) is 0 Å². The summed E-state index contributed by atoms with van der Waals surface area (Å²) in [5.74, 6) is -1.12. The summed E-state index contributed by atoms with van der Waals surface area (Å²) in [4.78, 5) is 17.8. The second kappa shape index (κ2) is 5.01. The van der Waals surface area contributed by atoms with Crippen LogP contribution in [0.5, 0.6) is 0 Å². The number of carbonyl (C=O) groups is 1. The van der Waals surface area contributed by atoms with Crippen molar-refractivity contribution in [3.63, 3.8) is 0 Å². The highest BCUT2D eigenvalue weighted by atomic mass is 19.1. The summed E-state index contributed by atoms with van der Waals surface area (Å²) >= 11 is 0. The van der Waals surface area contributed by atoms with Gasteiger partial charge in [-0.15, -0.1) is 0 Å². The molecule has 3 heterocycles. The number of amides is 1. The topological polar surface area (TPSA) is 66.3 Å². The molecule has 0 aromatic carbocycles. The third-order valence-electron chi connectivity index (χ3n) is 3.24. The lowest BCUT2D eigenvalue weighted by molar-refractivity contribution is 0.0773. The van der Waals surface area contributed by atoms with Crippen molar-refractivity contribution in [2.45, 2.75) is 13.5 Å². The zero-order valence-electron chi connectivity index (χ0n) is 11.7. The molecule has 0 bridgehead atoms. The standard InChI is InChI=1S/C14H14FN5O/c1-9-4-6-20-11(7-9)17-12(13(20)15)14(21)19(2)8-10-3-5-16-18-10/h3-7H,8H2,1-2H3,(H,16,18). The van der Waals surface area contributed by atoms with Crippen molar-refractivity contribution in [2.75, 3.05) is 7.05 Å². The van der Waals surface area contributed by atoms with E-state index in [1.54, 1.807) is 37.6 Å². The smallest absolute Gasteiger partial charge is 0.277 e. The van der Waals surface area contributed by atoms with E-state index in [0.29, 0.717) is 12.2 Å². The number of hydrogen-bond donors (Lipinski definition) is 1. The highest BCUT2D eigenvalue weighted by Gasteiger charge is 2.22. The number of aryl methyl sites for hydroxylation is 1. The van der Waals surface area contributed by atoms with Crippen LogP contribution in [-0.4, -0.2) is 37.4 Å². The van der Waals surface area contributed by atoms with Crippen LogP contribution >= 0.6 is 0 Å². The number of imidazole rings is 1. The van der Waals surface area contributed by atoms with Gasteiger partial charge in [0.25, 0.3) is 5.91 Å². The molecule has 3 rings (SSSR count). The second-order valence-corrected chi connectivity index (χ2v) is 4.93. The SMILES string of the molecule is Cc1ccn2c(F)c(C(=O)N(C)Cc3ccn[nH]3)nc2c1. The third kappa shape index (κ3) is 2.37. The maximum atomic E-state index is 14.3. The van der Waals surface area contributed by atoms with Crippen LogP contribution in [0.3, 0.4) is 0 Å². The maximum Gasteiger partial charge on any atom is 0.277 e. The molecule has 6 nitrogen and oxygen atoms in total. The molecule has 3 aromatic heterocycles. The predicted molar refractivity (Wildman–Crippen MR) is 74.3 cm³/mol. The Bertz CT molecular complexity index is 793. The summed E-state index contributed by atoms with van der Waals surface area (Å²) in [5.41, 5.74) is 1.97. The van der Waals surface area contributed by atoms with Gasteiger partial charge in [-0.2, -0.15) is 9.49 Å². The van der Waals surface area contributed by atoms with Crippen molar-refractivity contribution in [2.24, 2.45) is 0 Å². The van der Waals surface area contributed by atoms with Crippen molar-refractivity contribution < 1.29 is 9.18 Å². The van der Waals surface area contributed by atoms with Gasteiger partial charge in [0.05, 0.1) is 12.2 Å². The molecule has 0 aliphatic carbocycles. The van der Waals surface area contributed by atoms with Crippen molar-refractivity contribution in [3.05, 3.63) is 53.5 Å². The zero-order valence-corrected chi connectivity index (χ0v) is 11.7. The van der Waals surface area contributed by atoms with Crippen LogP contribution in [0.4, 0.5) is 4.39 Å². The maximum absolute atomic E-state index is 14.3. The molecule has 0 atom stereocenters. The van der Waals surface area contributed by atoms with E-state index < -0.39 is 11.9 Å². The Labute approximate surface area is 120 Å². The molecule has 0 radical (unpaired) electrons. The molecule has 3 aromatic rings. The molecule has 0 aliphatic heterocycles. The minimum absolute atomic E-state index is 0.178. The fourth-order valence-electron chi connectivity index (χ4n) is 2.13. The number of aromatic amines is 1. The average molecular weight is 287 g/mol. The quantitative estimate of drug-likeness (QED) is 0.798. The lowest BCUT2D eigenvalue weighted by Crippen LogP contribution is -2.27. The van der Waals surface area contributed by atoms with E-state index in [0.717, 1.165) is 11.3 Å². The molecule has 0 unspecified atom stereocenters. The highest BCUT2D eigenvalue weighted by molar-refractivity contribution is 5.93. The van der Waals surface area contributed by atoms with E-state index in [1.807, 2.05) is 6.92 Å². The summed E-state index contributed by atoms with van der Waals surface area (Å²) < 4.78 is 15.6. The van der Waals surface area contributed by atoms with Gasteiger partial charge in [0, 0.05) is 19.4 Å². The molecular formula is C14H14FN5O. The van der Waals surface area contributed by atoms with E-state index in [2.05, 4.69) is 15.2 Å². The van der Waals surface area contributed by atoms with Gasteiger partial charge in [-0.1, -0.05) is 0 Å². The predicted octanol–water partition coefficient (Wildman–Crippen LogP) is 1.78. The zero-order chi connectivity index (χ0) is 15.0. The number of carbonyl (C=O) groups excluding carboxylic acids is 1. The largest absolute Gasteiger partial charge is 0.334 e. The Hall–Kier alpha value is -2.70. The molecule has 0 fully saturated rings. The minimum Gasteiger partial charge on any atom is -0.334 e. The number of H-pyrrole nitrogens is 1. The van der Waals surface area contributed by atoms with E-state index in [1.165, 1.54) is 9.30 Å². The molecule has 1 N–H and O–H groups in total. The van der Waals surface area contributed by atoms with Crippen molar-refractivity contribution in [1.29, 1.82) is 0 Å². The number of pyridine rings is 1. The lowest BCUT2D eigenvalue weighted by Gasteiger charge is -2.14. The molecule has 108 valence electrons. The molecule has 0 aliphatic rings. The normalized spacial score (nSPS) is 11.0. The number of nitrogens with zero attached hydrogens (tertiary/aromatic N) is 4. The van der Waals surface area contributed by atoms with Gasteiger partial charge in [-0.25, -0.2) is 4.98 Å². The summed E-state index contributed by atoms with van der Waals surface area (Å²) in [5, 5.41) is 6.57. The van der Waals surface area contributed by atoms with Gasteiger partial charge in [-0.3, -0.25) is 14.3 Å². The molecule has 0 saturated carbocycles. The highest BCUT2D eigenvalue weighted by Crippen LogP contribution is 2.15. The first-order valence-electron chi connectivity index (χ1n) is 6.44. The monoisotopic (exact) mass is 287 g/mol. The number of hydrogen-bond acceptors (Lipinski definition) is 3. The van der Waals surface area contributed by atoms with Crippen molar-refractivity contribution in [3.8, 4) is 0 Å². The molecule has 0 saturated heterocycles. The van der Waals surface area contributed by atoms with Crippen molar-refractivity contribution >= 4 is 11.6 Å². The fraction of sp³-hybridized carbons (Fsp3) is 0.214. The molecular weight excluding hydrogens is 273 g/mol. The Morgan fingerprint density at radius 2 is 2.29 bits per heavy atom. The number of fused-ring (bicyclic) bond motifs is 1. The van der Waals surface area contributed by atoms with Crippen molar-refractivity contribution in [1.82, 2.24) is 24.5 Å². The van der Waals surface area contributed by atoms with Crippen LogP contribution in [0.1, 0.15) is 21.7 Å². The van der Waals surface area contributed by atoms with Crippen LogP contribution in [0.25, 0.3) is 5.65 Å². The average Bonchev–Trinajstić information content (AvgIpc) is 3.06. The Morgan fingerprint density at radius 1 is 1.48 bits per heavy atom. The van der Waals surface area contributed by atoms with Gasteiger partial charge >= 0.3 is 0 Å². The summed E-state index contributed by atoms with van der Waals surface area (Å²) in [6, 6.07) is 5.25. The van der Waals surface area contributed by atoms with E-state index >= 15 is 0 Å². The van der Waals surface area contributed by atoms with Crippen LogP contribution in [-0.2, 0) is 6.54 Å². The molecule has 21 heavy (non-hydrogen) atoms. The first-order chi connectivity index (χ1) is 10.1. The Morgan fingerprint density at radius 3 is 3.00 bits per heavy atom. The van der Waals surface area contributed by atoms with Gasteiger partial charge in [-0.05, 0) is 30.7 Å². The van der Waals surface area contributed by atoms with Crippen LogP contribution in [0, 0.1) is 12.9 Å². The van der Waals surface area contributed by atoms with E-state index in [9.17, 15) is 9.18 Å².